The van der Waals surface area contributed by atoms with Crippen LogP contribution in [-0.2, 0) is 21.2 Å². The van der Waals surface area contributed by atoms with Crippen molar-refractivity contribution in [2.24, 2.45) is 5.92 Å². The molecular weight excluding hydrogens is 316 g/mol. The van der Waals surface area contributed by atoms with E-state index >= 15 is 0 Å². The highest BCUT2D eigenvalue weighted by atomic mass is 32.2. The number of likely N-dealkylation sites (tertiary alicyclic amines) is 1. The third-order valence-electron chi connectivity index (χ3n) is 4.18. The summed E-state index contributed by atoms with van der Waals surface area (Å²) in [5, 5.41) is 8.81. The smallest absolute Gasteiger partial charge is 0.307 e. The molecule has 0 radical (unpaired) electrons. The standard InChI is InChI=1S/C16H24N2O4S/c1-2-18-8-4-6-14(12-18)11-17-23(21,22)15-7-3-5-13(9-15)10-16(19)20/h3,5,7,9,14,17H,2,4,6,8,10-12H2,1H3,(H,19,20). The maximum atomic E-state index is 12.4. The lowest BCUT2D eigenvalue weighted by atomic mass is 9.98. The summed E-state index contributed by atoms with van der Waals surface area (Å²) in [7, 11) is -3.60. The van der Waals surface area contributed by atoms with Gasteiger partial charge in [-0.2, -0.15) is 0 Å². The number of sulfonamides is 1. The number of carbonyl (C=O) groups is 1. The lowest BCUT2D eigenvalue weighted by molar-refractivity contribution is -0.136. The van der Waals surface area contributed by atoms with E-state index in [2.05, 4.69) is 16.5 Å². The predicted molar refractivity (Wildman–Crippen MR) is 87.8 cm³/mol. The van der Waals surface area contributed by atoms with Gasteiger partial charge in [0.05, 0.1) is 11.3 Å². The van der Waals surface area contributed by atoms with Gasteiger partial charge in [-0.3, -0.25) is 4.79 Å². The zero-order chi connectivity index (χ0) is 16.9. The summed E-state index contributed by atoms with van der Waals surface area (Å²) < 4.78 is 27.5. The van der Waals surface area contributed by atoms with E-state index < -0.39 is 16.0 Å². The summed E-state index contributed by atoms with van der Waals surface area (Å²) in [5.74, 6) is -0.657. The normalized spacial score (nSPS) is 19.6. The van der Waals surface area contributed by atoms with Crippen LogP contribution in [0.4, 0.5) is 0 Å². The molecule has 0 amide bonds. The summed E-state index contributed by atoms with van der Waals surface area (Å²) >= 11 is 0. The first-order valence-corrected chi connectivity index (χ1v) is 9.42. The third kappa shape index (κ3) is 5.30. The van der Waals surface area contributed by atoms with Crippen LogP contribution in [0.3, 0.4) is 0 Å². The Bertz CT molecular complexity index is 645. The van der Waals surface area contributed by atoms with Crippen molar-refractivity contribution in [3.8, 4) is 0 Å². The molecule has 0 aliphatic carbocycles. The van der Waals surface area contributed by atoms with Gasteiger partial charge in [0.2, 0.25) is 10.0 Å². The Morgan fingerprint density at radius 2 is 2.22 bits per heavy atom. The maximum absolute atomic E-state index is 12.4. The zero-order valence-electron chi connectivity index (χ0n) is 13.4. The number of carboxylic acids is 1. The number of aliphatic carboxylic acids is 1. The van der Waals surface area contributed by atoms with Crippen LogP contribution in [0, 0.1) is 5.92 Å². The Labute approximate surface area is 137 Å². The molecule has 1 aliphatic rings. The minimum atomic E-state index is -3.60. The van der Waals surface area contributed by atoms with Crippen LogP contribution in [0.15, 0.2) is 29.2 Å². The Morgan fingerprint density at radius 1 is 1.43 bits per heavy atom. The molecule has 0 aromatic heterocycles. The van der Waals surface area contributed by atoms with Gasteiger partial charge in [0, 0.05) is 13.1 Å². The minimum absolute atomic E-state index is 0.124. The van der Waals surface area contributed by atoms with Gasteiger partial charge in [-0.15, -0.1) is 0 Å². The first-order valence-electron chi connectivity index (χ1n) is 7.93. The molecule has 23 heavy (non-hydrogen) atoms. The van der Waals surface area contributed by atoms with Gasteiger partial charge < -0.3 is 10.0 Å². The van der Waals surface area contributed by atoms with Crippen LogP contribution in [-0.4, -0.2) is 50.6 Å². The van der Waals surface area contributed by atoms with Gasteiger partial charge in [0.25, 0.3) is 0 Å². The van der Waals surface area contributed by atoms with Gasteiger partial charge in [-0.05, 0) is 49.5 Å². The Hall–Kier alpha value is -1.44. The number of hydrogen-bond acceptors (Lipinski definition) is 4. The number of hydrogen-bond donors (Lipinski definition) is 2. The molecule has 1 fully saturated rings. The molecule has 1 saturated heterocycles. The zero-order valence-corrected chi connectivity index (χ0v) is 14.2. The van der Waals surface area contributed by atoms with Gasteiger partial charge in [0.1, 0.15) is 0 Å². The first-order chi connectivity index (χ1) is 10.9. The highest BCUT2D eigenvalue weighted by Crippen LogP contribution is 2.17. The van der Waals surface area contributed by atoms with E-state index in [1.807, 2.05) is 0 Å². The summed E-state index contributed by atoms with van der Waals surface area (Å²) in [6, 6.07) is 6.11. The third-order valence-corrected chi connectivity index (χ3v) is 5.60. The van der Waals surface area contributed by atoms with Gasteiger partial charge in [-0.1, -0.05) is 19.1 Å². The van der Waals surface area contributed by atoms with E-state index in [1.54, 1.807) is 12.1 Å². The first kappa shape index (κ1) is 17.9. The van der Waals surface area contributed by atoms with E-state index in [0.29, 0.717) is 18.0 Å². The van der Waals surface area contributed by atoms with Crippen molar-refractivity contribution in [3.05, 3.63) is 29.8 Å². The van der Waals surface area contributed by atoms with Crippen LogP contribution in [0.1, 0.15) is 25.3 Å². The molecule has 2 rings (SSSR count). The fourth-order valence-electron chi connectivity index (χ4n) is 2.91. The summed E-state index contributed by atoms with van der Waals surface area (Å²) in [4.78, 5) is 13.2. The number of nitrogens with one attached hydrogen (secondary N) is 1. The van der Waals surface area contributed by atoms with Crippen molar-refractivity contribution in [1.82, 2.24) is 9.62 Å². The number of piperidine rings is 1. The maximum Gasteiger partial charge on any atom is 0.307 e. The van der Waals surface area contributed by atoms with E-state index in [-0.39, 0.29) is 11.3 Å². The van der Waals surface area contributed by atoms with E-state index in [4.69, 9.17) is 5.11 Å². The van der Waals surface area contributed by atoms with Crippen molar-refractivity contribution in [2.75, 3.05) is 26.2 Å². The van der Waals surface area contributed by atoms with E-state index in [9.17, 15) is 13.2 Å². The second kappa shape index (κ2) is 7.90. The summed E-state index contributed by atoms with van der Waals surface area (Å²) in [5.41, 5.74) is 0.482. The molecule has 1 unspecified atom stereocenters. The van der Waals surface area contributed by atoms with Crippen molar-refractivity contribution in [1.29, 1.82) is 0 Å². The molecule has 128 valence electrons. The predicted octanol–water partition coefficient (Wildman–Crippen LogP) is 1.32. The van der Waals surface area contributed by atoms with Crippen LogP contribution in [0.5, 0.6) is 0 Å². The van der Waals surface area contributed by atoms with Gasteiger partial charge in [-0.25, -0.2) is 13.1 Å². The minimum Gasteiger partial charge on any atom is -0.481 e. The lowest BCUT2D eigenvalue weighted by Gasteiger charge is -2.31. The number of nitrogens with zero attached hydrogens (tertiary/aromatic N) is 1. The lowest BCUT2D eigenvalue weighted by Crippen LogP contribution is -2.40. The molecule has 1 aliphatic heterocycles. The van der Waals surface area contributed by atoms with Crippen molar-refractivity contribution in [2.45, 2.75) is 31.1 Å². The van der Waals surface area contributed by atoms with Crippen LogP contribution in [0.25, 0.3) is 0 Å². The second-order valence-electron chi connectivity index (χ2n) is 5.97. The number of rotatable bonds is 7. The Kier molecular flexibility index (Phi) is 6.15. The quantitative estimate of drug-likeness (QED) is 0.782. The Morgan fingerprint density at radius 3 is 2.91 bits per heavy atom. The fourth-order valence-corrected chi connectivity index (χ4v) is 4.10. The topological polar surface area (TPSA) is 86.7 Å². The molecule has 1 heterocycles. The van der Waals surface area contributed by atoms with Gasteiger partial charge in [0.15, 0.2) is 0 Å². The van der Waals surface area contributed by atoms with Crippen LogP contribution >= 0.6 is 0 Å². The average Bonchev–Trinajstić information content (AvgIpc) is 2.53. The monoisotopic (exact) mass is 340 g/mol. The molecule has 6 nitrogen and oxygen atoms in total. The molecule has 0 bridgehead atoms. The molecule has 2 N–H and O–H groups in total. The molecule has 1 aromatic carbocycles. The summed E-state index contributed by atoms with van der Waals surface area (Å²) in [6.07, 6.45) is 1.93. The van der Waals surface area contributed by atoms with E-state index in [0.717, 1.165) is 32.5 Å². The van der Waals surface area contributed by atoms with Crippen LogP contribution in [0.2, 0.25) is 0 Å². The van der Waals surface area contributed by atoms with Crippen molar-refractivity contribution in [3.63, 3.8) is 0 Å². The molecule has 0 spiro atoms. The summed E-state index contributed by atoms with van der Waals surface area (Å²) in [6.45, 7) is 5.51. The molecule has 7 heteroatoms. The Balaban J connectivity index is 2.00. The number of benzene rings is 1. The second-order valence-corrected chi connectivity index (χ2v) is 7.74. The fraction of sp³-hybridized carbons (Fsp3) is 0.562. The molecule has 0 saturated carbocycles. The molecular formula is C16H24N2O4S. The average molecular weight is 340 g/mol. The largest absolute Gasteiger partial charge is 0.481 e. The highest BCUT2D eigenvalue weighted by Gasteiger charge is 2.22. The molecule has 1 atom stereocenters. The van der Waals surface area contributed by atoms with Crippen LogP contribution < -0.4 is 4.72 Å². The molecule has 1 aromatic rings. The highest BCUT2D eigenvalue weighted by molar-refractivity contribution is 7.89. The SMILES string of the molecule is CCN1CCCC(CNS(=O)(=O)c2cccc(CC(=O)O)c2)C1. The number of carboxylic acid groups (broad SMARTS) is 1. The van der Waals surface area contributed by atoms with Crippen molar-refractivity contribution < 1.29 is 18.3 Å². The van der Waals surface area contributed by atoms with Gasteiger partial charge >= 0.3 is 5.97 Å². The van der Waals surface area contributed by atoms with Crippen molar-refractivity contribution >= 4 is 16.0 Å². The van der Waals surface area contributed by atoms with E-state index in [1.165, 1.54) is 12.1 Å².